The number of hydrogen-bond donors (Lipinski definition) is 0. The second-order valence-electron chi connectivity index (χ2n) is 8.37. The van der Waals surface area contributed by atoms with E-state index in [4.69, 9.17) is 4.98 Å². The highest BCUT2D eigenvalue weighted by Crippen LogP contribution is 2.33. The van der Waals surface area contributed by atoms with Gasteiger partial charge in [0, 0.05) is 45.7 Å². The van der Waals surface area contributed by atoms with Gasteiger partial charge in [-0.05, 0) is 55.6 Å². The summed E-state index contributed by atoms with van der Waals surface area (Å²) in [5, 5.41) is 20.5. The van der Waals surface area contributed by atoms with Gasteiger partial charge < -0.3 is 14.7 Å². The smallest absolute Gasteiger partial charge is 0.148 e. The van der Waals surface area contributed by atoms with Gasteiger partial charge in [-0.1, -0.05) is 19.1 Å². The molecule has 1 aliphatic heterocycles. The minimum absolute atomic E-state index is 0.535. The molecule has 2 aromatic rings. The third-order valence-electron chi connectivity index (χ3n) is 5.97. The van der Waals surface area contributed by atoms with E-state index in [2.05, 4.69) is 51.1 Å². The second kappa shape index (κ2) is 11.2. The maximum absolute atomic E-state index is 9.90. The summed E-state index contributed by atoms with van der Waals surface area (Å²) in [5.74, 6) is 1.41. The Balaban J connectivity index is 1.86. The van der Waals surface area contributed by atoms with Crippen LogP contribution in [0.25, 0.3) is 0 Å². The first kappa shape index (κ1) is 23.9. The van der Waals surface area contributed by atoms with E-state index in [1.807, 2.05) is 28.1 Å². The largest absolute Gasteiger partial charge is 0.378 e. The minimum Gasteiger partial charge on any atom is -0.378 e. The number of aromatic nitrogens is 1. The molecule has 1 saturated heterocycles. The van der Waals surface area contributed by atoms with Crippen molar-refractivity contribution in [2.45, 2.75) is 37.0 Å². The van der Waals surface area contributed by atoms with Crippen LogP contribution >= 0.6 is 11.8 Å². The Bertz CT molecular complexity index is 997. The van der Waals surface area contributed by atoms with Gasteiger partial charge in [-0.15, -0.1) is 11.8 Å². The van der Waals surface area contributed by atoms with Gasteiger partial charge >= 0.3 is 0 Å². The highest BCUT2D eigenvalue weighted by Gasteiger charge is 2.22. The monoisotopic (exact) mass is 448 g/mol. The highest BCUT2D eigenvalue weighted by atomic mass is 32.2. The lowest BCUT2D eigenvalue weighted by molar-refractivity contribution is 0.346. The zero-order chi connectivity index (χ0) is 23.1. The van der Waals surface area contributed by atoms with Gasteiger partial charge in [-0.2, -0.15) is 10.5 Å². The van der Waals surface area contributed by atoms with Gasteiger partial charge in [0.15, 0.2) is 0 Å². The number of anilines is 2. The first-order chi connectivity index (χ1) is 15.5. The number of likely N-dealkylation sites (N-methyl/N-ethyl adjacent to an activating group) is 1. The lowest BCUT2D eigenvalue weighted by Crippen LogP contribution is -2.32. The minimum atomic E-state index is 0.535. The highest BCUT2D eigenvalue weighted by molar-refractivity contribution is 7.98. The molecule has 0 atom stereocenters. The second-order valence-corrected chi connectivity index (χ2v) is 9.33. The number of nitrogens with zero attached hydrogens (tertiary/aromatic N) is 6. The number of pyridine rings is 1. The van der Waals surface area contributed by atoms with E-state index >= 15 is 0 Å². The standard InChI is InChI=1S/C25H32N6S/c1-5-21-22(16-26)24(30(4)14-15-31-12-6-7-13-31)28-25(23(21)17-27)32-18-19-8-10-20(11-9-19)29(2)3/h8-11H,5-7,12-15,18H2,1-4H3. The average Bonchev–Trinajstić information content (AvgIpc) is 3.33. The van der Waals surface area contributed by atoms with Crippen molar-refractivity contribution < 1.29 is 0 Å². The maximum atomic E-state index is 9.90. The van der Waals surface area contributed by atoms with Crippen molar-refractivity contribution in [1.29, 1.82) is 10.5 Å². The topological polar surface area (TPSA) is 70.2 Å². The predicted molar refractivity (Wildman–Crippen MR) is 132 cm³/mol. The van der Waals surface area contributed by atoms with Crippen LogP contribution in [0.2, 0.25) is 0 Å². The fraction of sp³-hybridized carbons (Fsp3) is 0.480. The molecule has 0 N–H and O–H groups in total. The van der Waals surface area contributed by atoms with Gasteiger partial charge in [0.25, 0.3) is 0 Å². The van der Waals surface area contributed by atoms with Crippen LogP contribution < -0.4 is 9.80 Å². The Kier molecular flexibility index (Phi) is 8.39. The van der Waals surface area contributed by atoms with Gasteiger partial charge in [-0.3, -0.25) is 0 Å². The van der Waals surface area contributed by atoms with Gasteiger partial charge in [-0.25, -0.2) is 4.98 Å². The van der Waals surface area contributed by atoms with Gasteiger partial charge in [0.05, 0.1) is 11.1 Å². The maximum Gasteiger partial charge on any atom is 0.148 e. The van der Waals surface area contributed by atoms with E-state index in [9.17, 15) is 10.5 Å². The molecule has 1 aliphatic rings. The first-order valence-corrected chi connectivity index (χ1v) is 12.2. The molecule has 3 rings (SSSR count). The molecular formula is C25H32N6S. The molecule has 0 bridgehead atoms. The molecule has 1 fully saturated rings. The van der Waals surface area contributed by atoms with Crippen LogP contribution in [0.4, 0.5) is 11.5 Å². The van der Waals surface area contributed by atoms with Crippen molar-refractivity contribution in [2.24, 2.45) is 0 Å². The number of nitriles is 2. The van der Waals surface area contributed by atoms with Crippen molar-refractivity contribution in [3.05, 3.63) is 46.5 Å². The number of likely N-dealkylation sites (tertiary alicyclic amines) is 1. The molecule has 6 nitrogen and oxygen atoms in total. The van der Waals surface area contributed by atoms with E-state index in [0.29, 0.717) is 28.4 Å². The molecule has 0 saturated carbocycles. The van der Waals surface area contributed by atoms with Crippen molar-refractivity contribution >= 4 is 23.3 Å². The SMILES string of the molecule is CCc1c(C#N)c(SCc2ccc(N(C)C)cc2)nc(N(C)CCN2CCCC2)c1C#N. The van der Waals surface area contributed by atoms with Crippen LogP contribution in [-0.4, -0.2) is 57.2 Å². The molecule has 2 heterocycles. The van der Waals surface area contributed by atoms with E-state index in [1.165, 1.54) is 18.4 Å². The molecule has 1 aromatic heterocycles. The van der Waals surface area contributed by atoms with Crippen LogP contribution in [-0.2, 0) is 12.2 Å². The molecule has 32 heavy (non-hydrogen) atoms. The molecular weight excluding hydrogens is 416 g/mol. The summed E-state index contributed by atoms with van der Waals surface area (Å²) in [5.41, 5.74) is 4.21. The Morgan fingerprint density at radius 2 is 1.69 bits per heavy atom. The quantitative estimate of drug-likeness (QED) is 0.530. The van der Waals surface area contributed by atoms with Crippen LogP contribution in [0.1, 0.15) is 42.0 Å². The molecule has 0 spiro atoms. The fourth-order valence-electron chi connectivity index (χ4n) is 4.01. The Morgan fingerprint density at radius 3 is 2.25 bits per heavy atom. The molecule has 168 valence electrons. The van der Waals surface area contributed by atoms with Gasteiger partial charge in [0.2, 0.25) is 0 Å². The summed E-state index contributed by atoms with van der Waals surface area (Å²) < 4.78 is 0. The van der Waals surface area contributed by atoms with Gasteiger partial charge in [0.1, 0.15) is 23.0 Å². The first-order valence-electron chi connectivity index (χ1n) is 11.2. The summed E-state index contributed by atoms with van der Waals surface area (Å²) in [7, 11) is 6.05. The summed E-state index contributed by atoms with van der Waals surface area (Å²) in [6.45, 7) is 6.07. The van der Waals surface area contributed by atoms with Crippen molar-refractivity contribution in [1.82, 2.24) is 9.88 Å². The van der Waals surface area contributed by atoms with Crippen LogP contribution in [0.15, 0.2) is 29.3 Å². The van der Waals surface area contributed by atoms with Crippen molar-refractivity contribution in [3.63, 3.8) is 0 Å². The Labute approximate surface area is 196 Å². The van der Waals surface area contributed by atoms with Crippen molar-refractivity contribution in [3.8, 4) is 12.1 Å². The number of benzene rings is 1. The third kappa shape index (κ3) is 5.54. The van der Waals surface area contributed by atoms with Crippen LogP contribution in [0, 0.1) is 22.7 Å². The van der Waals surface area contributed by atoms with E-state index in [-0.39, 0.29) is 0 Å². The lowest BCUT2D eigenvalue weighted by atomic mass is 10.0. The van der Waals surface area contributed by atoms with E-state index in [1.54, 1.807) is 11.8 Å². The molecule has 7 heteroatoms. The zero-order valence-electron chi connectivity index (χ0n) is 19.6. The zero-order valence-corrected chi connectivity index (χ0v) is 20.4. The molecule has 0 amide bonds. The normalized spacial score (nSPS) is 13.6. The Hall–Kier alpha value is -2.74. The Morgan fingerprint density at radius 1 is 1.03 bits per heavy atom. The molecule has 0 radical (unpaired) electrons. The van der Waals surface area contributed by atoms with E-state index in [0.717, 1.165) is 43.2 Å². The number of rotatable bonds is 9. The summed E-state index contributed by atoms with van der Waals surface area (Å²) in [6, 6.07) is 13.1. The molecule has 0 unspecified atom stereocenters. The molecule has 1 aromatic carbocycles. The summed E-state index contributed by atoms with van der Waals surface area (Å²) in [6.07, 6.45) is 3.16. The summed E-state index contributed by atoms with van der Waals surface area (Å²) in [4.78, 5) is 11.5. The molecule has 0 aliphatic carbocycles. The van der Waals surface area contributed by atoms with E-state index < -0.39 is 0 Å². The third-order valence-corrected chi connectivity index (χ3v) is 7.01. The average molecular weight is 449 g/mol. The fourth-order valence-corrected chi connectivity index (χ4v) is 4.97. The predicted octanol–water partition coefficient (Wildman–Crippen LogP) is 4.28. The lowest BCUT2D eigenvalue weighted by Gasteiger charge is -2.25. The van der Waals surface area contributed by atoms with Crippen LogP contribution in [0.3, 0.4) is 0 Å². The van der Waals surface area contributed by atoms with Crippen molar-refractivity contribution in [2.75, 3.05) is 57.1 Å². The number of hydrogen-bond acceptors (Lipinski definition) is 7. The van der Waals surface area contributed by atoms with Crippen LogP contribution in [0.5, 0.6) is 0 Å². The summed E-state index contributed by atoms with van der Waals surface area (Å²) >= 11 is 1.57. The number of thioether (sulfide) groups is 1.